The maximum absolute atomic E-state index is 12.9. The SMILES string of the molecule is Cc1ccc(C(C)NC(=O)C2(C)CC3C=CC2CC3)c(C)c1. The number of hydrogen-bond donors (Lipinski definition) is 1. The minimum absolute atomic E-state index is 0.0642. The molecule has 2 heteroatoms. The molecule has 1 aromatic rings. The third-order valence-corrected chi connectivity index (χ3v) is 5.73. The summed E-state index contributed by atoms with van der Waals surface area (Å²) < 4.78 is 0. The normalized spacial score (nSPS) is 31.1. The number of allylic oxidation sites excluding steroid dienone is 2. The number of aryl methyl sites for hydroxylation is 2. The van der Waals surface area contributed by atoms with Crippen LogP contribution in [0, 0.1) is 31.1 Å². The molecule has 1 amide bonds. The lowest BCUT2D eigenvalue weighted by atomic mass is 9.59. The molecule has 118 valence electrons. The van der Waals surface area contributed by atoms with Gasteiger partial charge in [-0.2, -0.15) is 0 Å². The molecule has 22 heavy (non-hydrogen) atoms. The molecule has 1 saturated carbocycles. The van der Waals surface area contributed by atoms with Crippen LogP contribution in [0.3, 0.4) is 0 Å². The number of carbonyl (C=O) groups is 1. The van der Waals surface area contributed by atoms with E-state index in [0.29, 0.717) is 11.8 Å². The van der Waals surface area contributed by atoms with Gasteiger partial charge in [0.1, 0.15) is 0 Å². The largest absolute Gasteiger partial charge is 0.349 e. The Kier molecular flexibility index (Phi) is 3.88. The van der Waals surface area contributed by atoms with E-state index >= 15 is 0 Å². The summed E-state index contributed by atoms with van der Waals surface area (Å²) in [6, 6.07) is 6.52. The van der Waals surface area contributed by atoms with Crippen LogP contribution in [-0.4, -0.2) is 5.91 Å². The van der Waals surface area contributed by atoms with E-state index in [1.54, 1.807) is 0 Å². The van der Waals surface area contributed by atoms with Crippen molar-refractivity contribution in [3.05, 3.63) is 47.0 Å². The number of hydrogen-bond acceptors (Lipinski definition) is 1. The topological polar surface area (TPSA) is 29.1 Å². The van der Waals surface area contributed by atoms with Gasteiger partial charge in [-0.15, -0.1) is 0 Å². The molecule has 0 heterocycles. The molecule has 0 spiro atoms. The zero-order valence-electron chi connectivity index (χ0n) is 14.1. The van der Waals surface area contributed by atoms with Gasteiger partial charge in [-0.25, -0.2) is 0 Å². The highest BCUT2D eigenvalue weighted by molar-refractivity contribution is 5.83. The molecule has 2 bridgehead atoms. The third kappa shape index (κ3) is 2.60. The first-order valence-electron chi connectivity index (χ1n) is 8.46. The molecule has 2 nitrogen and oxygen atoms in total. The Bertz CT molecular complexity index is 618. The molecule has 4 rings (SSSR count). The average molecular weight is 297 g/mol. The summed E-state index contributed by atoms with van der Waals surface area (Å²) in [6.07, 6.45) is 8.00. The molecule has 3 aliphatic rings. The first kappa shape index (κ1) is 15.3. The predicted molar refractivity (Wildman–Crippen MR) is 90.6 cm³/mol. The summed E-state index contributed by atoms with van der Waals surface area (Å²) >= 11 is 0. The monoisotopic (exact) mass is 297 g/mol. The average Bonchev–Trinajstić information content (AvgIpc) is 2.47. The van der Waals surface area contributed by atoms with Crippen molar-refractivity contribution in [2.24, 2.45) is 17.3 Å². The Morgan fingerprint density at radius 1 is 1.27 bits per heavy atom. The summed E-state index contributed by atoms with van der Waals surface area (Å²) in [5.41, 5.74) is 3.51. The van der Waals surface area contributed by atoms with Crippen molar-refractivity contribution < 1.29 is 4.79 Å². The maximum Gasteiger partial charge on any atom is 0.227 e. The van der Waals surface area contributed by atoms with Gasteiger partial charge in [0.25, 0.3) is 0 Å². The zero-order chi connectivity index (χ0) is 15.9. The lowest BCUT2D eigenvalue weighted by Crippen LogP contribution is -2.49. The Balaban J connectivity index is 1.75. The van der Waals surface area contributed by atoms with Gasteiger partial charge in [-0.05, 0) is 63.0 Å². The molecule has 1 aromatic carbocycles. The van der Waals surface area contributed by atoms with E-state index in [2.05, 4.69) is 63.4 Å². The van der Waals surface area contributed by atoms with Crippen molar-refractivity contribution in [3.8, 4) is 0 Å². The number of carbonyl (C=O) groups excluding carboxylic acids is 1. The van der Waals surface area contributed by atoms with Crippen LogP contribution in [0.25, 0.3) is 0 Å². The van der Waals surface area contributed by atoms with Crippen LogP contribution in [0.1, 0.15) is 55.8 Å². The number of nitrogens with one attached hydrogen (secondary N) is 1. The number of rotatable bonds is 3. The smallest absolute Gasteiger partial charge is 0.227 e. The molecule has 0 aliphatic heterocycles. The first-order valence-corrected chi connectivity index (χ1v) is 8.46. The van der Waals surface area contributed by atoms with E-state index in [1.165, 1.54) is 23.1 Å². The van der Waals surface area contributed by atoms with Gasteiger partial charge < -0.3 is 5.32 Å². The van der Waals surface area contributed by atoms with Crippen LogP contribution in [-0.2, 0) is 4.79 Å². The Hall–Kier alpha value is -1.57. The number of fused-ring (bicyclic) bond motifs is 2. The molecular formula is C20H27NO. The van der Waals surface area contributed by atoms with Crippen LogP contribution < -0.4 is 5.32 Å². The van der Waals surface area contributed by atoms with Crippen molar-refractivity contribution in [1.82, 2.24) is 5.32 Å². The van der Waals surface area contributed by atoms with Crippen molar-refractivity contribution in [1.29, 1.82) is 0 Å². The highest BCUT2D eigenvalue weighted by Gasteiger charge is 2.46. The molecule has 1 fully saturated rings. The second kappa shape index (κ2) is 5.57. The standard InChI is InChI=1S/C20H27NO/c1-13-5-10-18(14(2)11-13)15(3)21-19(22)20(4)12-16-6-8-17(20)9-7-16/h5-6,8,10-11,15-17H,7,9,12H2,1-4H3,(H,21,22). The van der Waals surface area contributed by atoms with Crippen molar-refractivity contribution >= 4 is 5.91 Å². The van der Waals surface area contributed by atoms with Crippen LogP contribution in [0.15, 0.2) is 30.4 Å². The van der Waals surface area contributed by atoms with Gasteiger partial charge in [0, 0.05) is 0 Å². The van der Waals surface area contributed by atoms with Gasteiger partial charge in [0.05, 0.1) is 11.5 Å². The van der Waals surface area contributed by atoms with Crippen LogP contribution >= 0.6 is 0 Å². The van der Waals surface area contributed by atoms with Crippen molar-refractivity contribution in [3.63, 3.8) is 0 Å². The maximum atomic E-state index is 12.9. The number of amides is 1. The minimum atomic E-state index is -0.232. The molecule has 0 saturated heterocycles. The highest BCUT2D eigenvalue weighted by Crippen LogP contribution is 2.49. The summed E-state index contributed by atoms with van der Waals surface area (Å²) in [5, 5.41) is 3.28. The lowest BCUT2D eigenvalue weighted by molar-refractivity contribution is -0.136. The second-order valence-corrected chi connectivity index (χ2v) is 7.51. The molecule has 4 atom stereocenters. The van der Waals surface area contributed by atoms with E-state index in [4.69, 9.17) is 0 Å². The van der Waals surface area contributed by atoms with Gasteiger partial charge in [0.15, 0.2) is 0 Å². The molecular weight excluding hydrogens is 270 g/mol. The van der Waals surface area contributed by atoms with Gasteiger partial charge in [0.2, 0.25) is 5.91 Å². The lowest BCUT2D eigenvalue weighted by Gasteiger charge is -2.45. The molecule has 3 aliphatic carbocycles. The zero-order valence-corrected chi connectivity index (χ0v) is 14.1. The quantitative estimate of drug-likeness (QED) is 0.819. The van der Waals surface area contributed by atoms with E-state index in [-0.39, 0.29) is 17.4 Å². The van der Waals surface area contributed by atoms with Crippen molar-refractivity contribution in [2.45, 2.75) is 53.0 Å². The fraction of sp³-hybridized carbons (Fsp3) is 0.550. The fourth-order valence-electron chi connectivity index (χ4n) is 4.29. The Morgan fingerprint density at radius 3 is 2.59 bits per heavy atom. The molecule has 1 N–H and O–H groups in total. The van der Waals surface area contributed by atoms with Gasteiger partial charge >= 0.3 is 0 Å². The summed E-state index contributed by atoms with van der Waals surface area (Å²) in [4.78, 5) is 12.9. The van der Waals surface area contributed by atoms with Crippen molar-refractivity contribution in [2.75, 3.05) is 0 Å². The summed E-state index contributed by atoms with van der Waals surface area (Å²) in [5.74, 6) is 1.22. The first-order chi connectivity index (χ1) is 10.4. The highest BCUT2D eigenvalue weighted by atomic mass is 16.2. The van der Waals surface area contributed by atoms with E-state index in [0.717, 1.165) is 12.8 Å². The van der Waals surface area contributed by atoms with Gasteiger partial charge in [-0.3, -0.25) is 4.79 Å². The predicted octanol–water partition coefficient (Wildman–Crippen LogP) is 4.47. The Labute approximate surface area is 134 Å². The van der Waals surface area contributed by atoms with Crippen LogP contribution in [0.2, 0.25) is 0 Å². The molecule has 4 unspecified atom stereocenters. The molecule has 0 radical (unpaired) electrons. The van der Waals surface area contributed by atoms with Gasteiger partial charge in [-0.1, -0.05) is 42.8 Å². The van der Waals surface area contributed by atoms with E-state index in [9.17, 15) is 4.79 Å². The fourth-order valence-corrected chi connectivity index (χ4v) is 4.29. The van der Waals surface area contributed by atoms with E-state index in [1.807, 2.05) is 0 Å². The van der Waals surface area contributed by atoms with E-state index < -0.39 is 0 Å². The summed E-state index contributed by atoms with van der Waals surface area (Å²) in [7, 11) is 0. The Morgan fingerprint density at radius 2 is 2.05 bits per heavy atom. The second-order valence-electron chi connectivity index (χ2n) is 7.51. The minimum Gasteiger partial charge on any atom is -0.349 e. The number of benzene rings is 1. The third-order valence-electron chi connectivity index (χ3n) is 5.73. The molecule has 0 aromatic heterocycles. The summed E-state index contributed by atoms with van der Waals surface area (Å²) in [6.45, 7) is 8.47. The van der Waals surface area contributed by atoms with Crippen LogP contribution in [0.4, 0.5) is 0 Å². The van der Waals surface area contributed by atoms with Crippen LogP contribution in [0.5, 0.6) is 0 Å².